The molecule has 5 heteroatoms. The van der Waals surface area contributed by atoms with Crippen molar-refractivity contribution in [3.8, 4) is 28.6 Å². The molecule has 0 saturated carbocycles. The first-order valence-corrected chi connectivity index (χ1v) is 6.11. The molecule has 1 heterocycles. The van der Waals surface area contributed by atoms with E-state index in [1.807, 2.05) is 42.5 Å². The van der Waals surface area contributed by atoms with E-state index < -0.39 is 0 Å². The zero-order valence-electron chi connectivity index (χ0n) is 10.9. The van der Waals surface area contributed by atoms with Crippen molar-refractivity contribution in [3.63, 3.8) is 0 Å². The predicted octanol–water partition coefficient (Wildman–Crippen LogP) is 2.99. The van der Waals surface area contributed by atoms with Gasteiger partial charge in [0.2, 0.25) is 5.82 Å². The molecule has 0 aliphatic rings. The number of hydrogen-bond acceptors (Lipinski definition) is 5. The van der Waals surface area contributed by atoms with Gasteiger partial charge in [-0.2, -0.15) is 4.98 Å². The molecule has 0 bridgehead atoms. The number of benzene rings is 2. The van der Waals surface area contributed by atoms with E-state index >= 15 is 0 Å². The van der Waals surface area contributed by atoms with E-state index in [1.165, 1.54) is 0 Å². The van der Waals surface area contributed by atoms with Gasteiger partial charge in [-0.1, -0.05) is 29.4 Å². The van der Waals surface area contributed by atoms with Crippen LogP contribution >= 0.6 is 0 Å². The van der Waals surface area contributed by atoms with Crippen molar-refractivity contribution >= 4 is 5.69 Å². The molecular formula is C15H13N3O2. The number of nitrogen functional groups attached to an aromatic ring is 1. The van der Waals surface area contributed by atoms with Crippen LogP contribution in [0, 0.1) is 0 Å². The SMILES string of the molecule is COc1cccc(-c2noc(-c3ccccc3N)n2)c1. The van der Waals surface area contributed by atoms with Gasteiger partial charge in [0.1, 0.15) is 5.75 Å². The summed E-state index contributed by atoms with van der Waals surface area (Å²) in [5.74, 6) is 1.65. The minimum atomic E-state index is 0.404. The molecular weight excluding hydrogens is 254 g/mol. The molecule has 0 radical (unpaired) electrons. The Balaban J connectivity index is 2.00. The van der Waals surface area contributed by atoms with E-state index in [0.717, 1.165) is 16.9 Å². The summed E-state index contributed by atoms with van der Waals surface area (Å²) < 4.78 is 10.5. The minimum Gasteiger partial charge on any atom is -0.497 e. The fourth-order valence-corrected chi connectivity index (χ4v) is 1.90. The fraction of sp³-hybridized carbons (Fsp3) is 0.0667. The summed E-state index contributed by atoms with van der Waals surface area (Å²) >= 11 is 0. The third-order valence-electron chi connectivity index (χ3n) is 2.95. The number of nitrogens with zero attached hydrogens (tertiary/aromatic N) is 2. The molecule has 0 spiro atoms. The van der Waals surface area contributed by atoms with Gasteiger partial charge in [0.15, 0.2) is 0 Å². The van der Waals surface area contributed by atoms with E-state index in [4.69, 9.17) is 15.0 Å². The molecule has 3 aromatic rings. The predicted molar refractivity (Wildman–Crippen MR) is 76.1 cm³/mol. The molecule has 0 amide bonds. The van der Waals surface area contributed by atoms with Crippen LogP contribution in [0.1, 0.15) is 0 Å². The van der Waals surface area contributed by atoms with Crippen molar-refractivity contribution in [2.45, 2.75) is 0 Å². The Kier molecular flexibility index (Phi) is 3.09. The van der Waals surface area contributed by atoms with Crippen molar-refractivity contribution in [1.29, 1.82) is 0 Å². The highest BCUT2D eigenvalue weighted by Gasteiger charge is 2.12. The van der Waals surface area contributed by atoms with E-state index in [2.05, 4.69) is 10.1 Å². The molecule has 5 nitrogen and oxygen atoms in total. The lowest BCUT2D eigenvalue weighted by atomic mass is 10.2. The molecule has 0 unspecified atom stereocenters. The molecule has 0 aliphatic heterocycles. The van der Waals surface area contributed by atoms with Gasteiger partial charge in [-0.05, 0) is 24.3 Å². The number of para-hydroxylation sites is 1. The zero-order chi connectivity index (χ0) is 13.9. The average molecular weight is 267 g/mol. The monoisotopic (exact) mass is 267 g/mol. The Labute approximate surface area is 116 Å². The topological polar surface area (TPSA) is 74.2 Å². The Morgan fingerprint density at radius 2 is 1.95 bits per heavy atom. The second-order valence-electron chi connectivity index (χ2n) is 4.24. The van der Waals surface area contributed by atoms with Crippen LogP contribution in [-0.4, -0.2) is 17.3 Å². The summed E-state index contributed by atoms with van der Waals surface area (Å²) in [6.45, 7) is 0. The molecule has 2 N–H and O–H groups in total. The fourth-order valence-electron chi connectivity index (χ4n) is 1.90. The molecule has 3 rings (SSSR count). The van der Waals surface area contributed by atoms with E-state index in [0.29, 0.717) is 17.4 Å². The Hall–Kier alpha value is -2.82. The number of nitrogens with two attached hydrogens (primary N) is 1. The maximum absolute atomic E-state index is 5.90. The van der Waals surface area contributed by atoms with Crippen LogP contribution in [0.25, 0.3) is 22.8 Å². The Morgan fingerprint density at radius 3 is 2.75 bits per heavy atom. The smallest absolute Gasteiger partial charge is 0.260 e. The highest BCUT2D eigenvalue weighted by atomic mass is 16.5. The van der Waals surface area contributed by atoms with Gasteiger partial charge in [0, 0.05) is 11.3 Å². The van der Waals surface area contributed by atoms with Gasteiger partial charge < -0.3 is 15.0 Å². The van der Waals surface area contributed by atoms with Gasteiger partial charge in [0.25, 0.3) is 5.89 Å². The van der Waals surface area contributed by atoms with Gasteiger partial charge in [-0.25, -0.2) is 0 Å². The maximum Gasteiger partial charge on any atom is 0.260 e. The third-order valence-corrected chi connectivity index (χ3v) is 2.95. The maximum atomic E-state index is 5.90. The lowest BCUT2D eigenvalue weighted by Crippen LogP contribution is -1.89. The van der Waals surface area contributed by atoms with E-state index in [1.54, 1.807) is 13.2 Å². The second-order valence-corrected chi connectivity index (χ2v) is 4.24. The summed E-state index contributed by atoms with van der Waals surface area (Å²) in [7, 11) is 1.62. The van der Waals surface area contributed by atoms with Crippen molar-refractivity contribution in [1.82, 2.24) is 10.1 Å². The Morgan fingerprint density at radius 1 is 1.10 bits per heavy atom. The number of rotatable bonds is 3. The standard InChI is InChI=1S/C15H13N3O2/c1-19-11-6-4-5-10(9-11)14-17-15(20-18-14)12-7-2-3-8-13(12)16/h2-9H,16H2,1H3. The first-order chi connectivity index (χ1) is 9.78. The van der Waals surface area contributed by atoms with Crippen LogP contribution in [0.5, 0.6) is 5.75 Å². The van der Waals surface area contributed by atoms with Crippen molar-refractivity contribution < 1.29 is 9.26 Å². The lowest BCUT2D eigenvalue weighted by molar-refractivity contribution is 0.414. The molecule has 1 aromatic heterocycles. The number of aromatic nitrogens is 2. The molecule has 100 valence electrons. The minimum absolute atomic E-state index is 0.404. The third kappa shape index (κ3) is 2.21. The molecule has 0 aliphatic carbocycles. The van der Waals surface area contributed by atoms with Crippen LogP contribution in [0.3, 0.4) is 0 Å². The molecule has 0 atom stereocenters. The van der Waals surface area contributed by atoms with Gasteiger partial charge in [-0.3, -0.25) is 0 Å². The first-order valence-electron chi connectivity index (χ1n) is 6.11. The zero-order valence-corrected chi connectivity index (χ0v) is 10.9. The summed E-state index contributed by atoms with van der Waals surface area (Å²) in [6, 6.07) is 14.9. The normalized spacial score (nSPS) is 10.4. The van der Waals surface area contributed by atoms with Gasteiger partial charge in [0.05, 0.1) is 12.7 Å². The largest absolute Gasteiger partial charge is 0.497 e. The van der Waals surface area contributed by atoms with Crippen LogP contribution < -0.4 is 10.5 Å². The first kappa shape index (κ1) is 12.2. The van der Waals surface area contributed by atoms with Crippen LogP contribution in [-0.2, 0) is 0 Å². The average Bonchev–Trinajstić information content (AvgIpc) is 2.97. The van der Waals surface area contributed by atoms with Crippen molar-refractivity contribution in [2.24, 2.45) is 0 Å². The molecule has 0 saturated heterocycles. The van der Waals surface area contributed by atoms with Crippen LogP contribution in [0.4, 0.5) is 5.69 Å². The quantitative estimate of drug-likeness (QED) is 0.738. The number of ether oxygens (including phenoxy) is 1. The van der Waals surface area contributed by atoms with E-state index in [-0.39, 0.29) is 0 Å². The van der Waals surface area contributed by atoms with Gasteiger partial charge >= 0.3 is 0 Å². The molecule has 20 heavy (non-hydrogen) atoms. The van der Waals surface area contributed by atoms with Crippen molar-refractivity contribution in [2.75, 3.05) is 12.8 Å². The molecule has 0 fully saturated rings. The van der Waals surface area contributed by atoms with Crippen LogP contribution in [0.2, 0.25) is 0 Å². The van der Waals surface area contributed by atoms with E-state index in [9.17, 15) is 0 Å². The number of anilines is 1. The highest BCUT2D eigenvalue weighted by molar-refractivity contribution is 5.71. The summed E-state index contributed by atoms with van der Waals surface area (Å²) in [5, 5.41) is 3.98. The lowest BCUT2D eigenvalue weighted by Gasteiger charge is -2.00. The summed E-state index contributed by atoms with van der Waals surface area (Å²) in [4.78, 5) is 4.37. The summed E-state index contributed by atoms with van der Waals surface area (Å²) in [5.41, 5.74) is 8.06. The number of methoxy groups -OCH3 is 1. The van der Waals surface area contributed by atoms with Crippen molar-refractivity contribution in [3.05, 3.63) is 48.5 Å². The van der Waals surface area contributed by atoms with Crippen LogP contribution in [0.15, 0.2) is 53.1 Å². The molecule has 2 aromatic carbocycles. The highest BCUT2D eigenvalue weighted by Crippen LogP contribution is 2.27. The summed E-state index contributed by atoms with van der Waals surface area (Å²) in [6.07, 6.45) is 0. The van der Waals surface area contributed by atoms with Gasteiger partial charge in [-0.15, -0.1) is 0 Å². The Bertz CT molecular complexity index is 737. The number of hydrogen-bond donors (Lipinski definition) is 1. The second kappa shape index (κ2) is 5.05.